The van der Waals surface area contributed by atoms with Crippen molar-refractivity contribution >= 4 is 28.6 Å². The van der Waals surface area contributed by atoms with Crippen LogP contribution >= 0.6 is 0 Å². The Labute approximate surface area is 137 Å². The van der Waals surface area contributed by atoms with Crippen molar-refractivity contribution in [1.29, 1.82) is 0 Å². The van der Waals surface area contributed by atoms with E-state index >= 15 is 0 Å². The van der Waals surface area contributed by atoms with Crippen molar-refractivity contribution in [3.05, 3.63) is 57.9 Å². The molecule has 122 valence electrons. The molecule has 0 radical (unpaired) electrons. The van der Waals surface area contributed by atoms with E-state index in [4.69, 9.17) is 4.74 Å². The molecule has 24 heavy (non-hydrogen) atoms. The summed E-state index contributed by atoms with van der Waals surface area (Å²) in [4.78, 5) is 17.8. The Morgan fingerprint density at radius 2 is 2.21 bits per heavy atom. The van der Waals surface area contributed by atoms with Crippen LogP contribution < -0.4 is 10.2 Å². The number of aromatic nitrogens is 2. The number of aryl methyl sites for hydroxylation is 1. The van der Waals surface area contributed by atoms with Gasteiger partial charge in [-0.15, -0.1) is 0 Å². The second-order valence-electron chi connectivity index (χ2n) is 5.10. The highest BCUT2D eigenvalue weighted by Crippen LogP contribution is 2.24. The molecule has 0 saturated carbocycles. The number of hydrogen-bond donors (Lipinski definition) is 2. The molecule has 8 nitrogen and oxygen atoms in total. The normalized spacial score (nSPS) is 11.1. The zero-order chi connectivity index (χ0) is 17.1. The van der Waals surface area contributed by atoms with E-state index in [-0.39, 0.29) is 11.5 Å². The topological polar surface area (TPSA) is 105 Å². The number of ether oxygens (including phenoxy) is 1. The van der Waals surface area contributed by atoms with Gasteiger partial charge in [0.05, 0.1) is 18.2 Å². The lowest BCUT2D eigenvalue weighted by atomic mass is 10.2. The van der Waals surface area contributed by atoms with Crippen molar-refractivity contribution in [3.63, 3.8) is 0 Å². The average Bonchev–Trinajstić information content (AvgIpc) is 2.97. The quantitative estimate of drug-likeness (QED) is 0.425. The van der Waals surface area contributed by atoms with Crippen LogP contribution in [0.2, 0.25) is 0 Å². The highest BCUT2D eigenvalue weighted by molar-refractivity contribution is 5.99. The minimum absolute atomic E-state index is 0.105. The van der Waals surface area contributed by atoms with Crippen LogP contribution in [0.1, 0.15) is 11.3 Å². The van der Waals surface area contributed by atoms with E-state index in [2.05, 4.69) is 20.5 Å². The highest BCUT2D eigenvalue weighted by Gasteiger charge is 2.14. The molecule has 2 heterocycles. The minimum atomic E-state index is -0.499. The third-order valence-corrected chi connectivity index (χ3v) is 3.50. The number of hydrazone groups is 1. The SMILES string of the molecule is COc1ccc2[nH]cc(/C=N\Nc3nc(C)ccc3[N+](=O)[O-])c2c1. The zero-order valence-electron chi connectivity index (χ0n) is 13.1. The monoisotopic (exact) mass is 325 g/mol. The van der Waals surface area contributed by atoms with Gasteiger partial charge in [0, 0.05) is 34.4 Å². The van der Waals surface area contributed by atoms with Crippen molar-refractivity contribution in [2.24, 2.45) is 5.10 Å². The number of aromatic amines is 1. The van der Waals surface area contributed by atoms with Crippen LogP contribution in [-0.2, 0) is 0 Å². The molecule has 0 fully saturated rings. The Hall–Kier alpha value is -3.42. The lowest BCUT2D eigenvalue weighted by Gasteiger charge is -2.02. The minimum Gasteiger partial charge on any atom is -0.497 e. The largest absolute Gasteiger partial charge is 0.497 e. The maximum absolute atomic E-state index is 11.0. The molecule has 0 aliphatic heterocycles. The zero-order valence-corrected chi connectivity index (χ0v) is 13.1. The molecule has 3 aromatic rings. The summed E-state index contributed by atoms with van der Waals surface area (Å²) in [7, 11) is 1.60. The van der Waals surface area contributed by atoms with Crippen LogP contribution in [0, 0.1) is 17.0 Å². The van der Waals surface area contributed by atoms with Gasteiger partial charge in [-0.3, -0.25) is 15.5 Å². The Morgan fingerprint density at radius 1 is 1.38 bits per heavy atom. The summed E-state index contributed by atoms with van der Waals surface area (Å²) in [6, 6.07) is 8.64. The summed E-state index contributed by atoms with van der Waals surface area (Å²) in [5.41, 5.74) is 4.94. The number of benzene rings is 1. The first kappa shape index (κ1) is 15.5. The van der Waals surface area contributed by atoms with Crippen molar-refractivity contribution < 1.29 is 9.66 Å². The number of rotatable bonds is 5. The molecule has 2 aromatic heterocycles. The van der Waals surface area contributed by atoms with Gasteiger partial charge >= 0.3 is 5.69 Å². The average molecular weight is 325 g/mol. The summed E-state index contributed by atoms with van der Waals surface area (Å²) in [5, 5.41) is 16.0. The molecule has 0 saturated heterocycles. The second-order valence-corrected chi connectivity index (χ2v) is 5.10. The molecule has 0 amide bonds. The maximum atomic E-state index is 11.0. The molecular weight excluding hydrogens is 310 g/mol. The summed E-state index contributed by atoms with van der Waals surface area (Å²) in [6.45, 7) is 1.75. The predicted octanol–water partition coefficient (Wildman–Crippen LogP) is 3.23. The van der Waals surface area contributed by atoms with Gasteiger partial charge in [-0.05, 0) is 31.2 Å². The number of H-pyrrole nitrogens is 1. The first-order valence-electron chi connectivity index (χ1n) is 7.14. The van der Waals surface area contributed by atoms with E-state index < -0.39 is 4.92 Å². The van der Waals surface area contributed by atoms with Crippen molar-refractivity contribution in [3.8, 4) is 5.75 Å². The van der Waals surface area contributed by atoms with E-state index in [0.29, 0.717) is 5.69 Å². The van der Waals surface area contributed by atoms with Crippen molar-refractivity contribution in [2.45, 2.75) is 6.92 Å². The van der Waals surface area contributed by atoms with Crippen molar-refractivity contribution in [2.75, 3.05) is 12.5 Å². The third kappa shape index (κ3) is 3.02. The molecule has 0 bridgehead atoms. The lowest BCUT2D eigenvalue weighted by Crippen LogP contribution is -2.00. The number of nitrogens with one attached hydrogen (secondary N) is 2. The third-order valence-electron chi connectivity index (χ3n) is 3.50. The van der Waals surface area contributed by atoms with Gasteiger partial charge < -0.3 is 9.72 Å². The number of methoxy groups -OCH3 is 1. The summed E-state index contributed by atoms with van der Waals surface area (Å²) in [6.07, 6.45) is 3.37. The number of anilines is 1. The number of pyridine rings is 1. The molecule has 0 aliphatic carbocycles. The van der Waals surface area contributed by atoms with Crippen LogP contribution in [-0.4, -0.2) is 28.2 Å². The van der Waals surface area contributed by atoms with E-state index in [1.807, 2.05) is 18.2 Å². The fourth-order valence-electron chi connectivity index (χ4n) is 2.30. The standard InChI is InChI=1S/C16H15N5O3/c1-10-3-6-15(21(22)23)16(19-10)20-18-9-11-8-17-14-5-4-12(24-2)7-13(11)14/h3-9,17H,1-2H3,(H,19,20)/b18-9-. The Balaban J connectivity index is 1.87. The highest BCUT2D eigenvalue weighted by atomic mass is 16.6. The van der Waals surface area contributed by atoms with Crippen LogP contribution in [0.25, 0.3) is 10.9 Å². The van der Waals surface area contributed by atoms with Gasteiger partial charge in [0.2, 0.25) is 5.82 Å². The maximum Gasteiger partial charge on any atom is 0.313 e. The van der Waals surface area contributed by atoms with Crippen LogP contribution in [0.15, 0.2) is 41.6 Å². The Bertz CT molecular complexity index is 933. The molecular formula is C16H15N5O3. The fourth-order valence-corrected chi connectivity index (χ4v) is 2.30. The van der Waals surface area contributed by atoms with Gasteiger partial charge in [0.1, 0.15) is 5.75 Å². The molecule has 2 N–H and O–H groups in total. The number of hydrogen-bond acceptors (Lipinski definition) is 6. The summed E-state index contributed by atoms with van der Waals surface area (Å²) >= 11 is 0. The van der Waals surface area contributed by atoms with Crippen LogP contribution in [0.4, 0.5) is 11.5 Å². The van der Waals surface area contributed by atoms with Crippen LogP contribution in [0.5, 0.6) is 5.75 Å². The Morgan fingerprint density at radius 3 is 2.96 bits per heavy atom. The van der Waals surface area contributed by atoms with Crippen LogP contribution in [0.3, 0.4) is 0 Å². The molecule has 3 rings (SSSR count). The van der Waals surface area contributed by atoms with Gasteiger partial charge in [-0.25, -0.2) is 4.98 Å². The number of nitro groups is 1. The smallest absolute Gasteiger partial charge is 0.313 e. The first-order chi connectivity index (χ1) is 11.6. The molecule has 0 atom stereocenters. The van der Waals surface area contributed by atoms with Gasteiger partial charge in [-0.2, -0.15) is 5.10 Å². The molecule has 0 spiro atoms. The van der Waals surface area contributed by atoms with Gasteiger partial charge in [0.25, 0.3) is 0 Å². The van der Waals surface area contributed by atoms with E-state index in [1.54, 1.807) is 32.5 Å². The summed E-state index contributed by atoms with van der Waals surface area (Å²) in [5.74, 6) is 0.842. The number of nitrogens with zero attached hydrogens (tertiary/aromatic N) is 3. The van der Waals surface area contributed by atoms with E-state index in [0.717, 1.165) is 22.2 Å². The second kappa shape index (κ2) is 6.37. The lowest BCUT2D eigenvalue weighted by molar-refractivity contribution is -0.384. The fraction of sp³-hybridized carbons (Fsp3) is 0.125. The number of fused-ring (bicyclic) bond motifs is 1. The summed E-state index contributed by atoms with van der Waals surface area (Å²) < 4.78 is 5.22. The van der Waals surface area contributed by atoms with E-state index in [9.17, 15) is 10.1 Å². The molecule has 8 heteroatoms. The predicted molar refractivity (Wildman–Crippen MR) is 91.7 cm³/mol. The molecule has 1 aromatic carbocycles. The first-order valence-corrected chi connectivity index (χ1v) is 7.14. The van der Waals surface area contributed by atoms with Gasteiger partial charge in [0.15, 0.2) is 0 Å². The molecule has 0 unspecified atom stereocenters. The van der Waals surface area contributed by atoms with Gasteiger partial charge in [-0.1, -0.05) is 0 Å². The Kier molecular flexibility index (Phi) is 4.11. The molecule has 0 aliphatic rings. The van der Waals surface area contributed by atoms with E-state index in [1.165, 1.54) is 6.07 Å². The van der Waals surface area contributed by atoms with Crippen molar-refractivity contribution in [1.82, 2.24) is 9.97 Å².